The number of aromatic nitrogens is 2. The van der Waals surface area contributed by atoms with Crippen LogP contribution in [0.4, 0.5) is 0 Å². The number of nitrogens with one attached hydrogen (secondary N) is 2. The van der Waals surface area contributed by atoms with Crippen molar-refractivity contribution in [2.24, 2.45) is 0 Å². The van der Waals surface area contributed by atoms with Crippen LogP contribution >= 0.6 is 11.3 Å². The van der Waals surface area contributed by atoms with E-state index in [1.54, 1.807) is 30.2 Å². The van der Waals surface area contributed by atoms with Crippen molar-refractivity contribution >= 4 is 21.4 Å². The van der Waals surface area contributed by atoms with Gasteiger partial charge in [0.2, 0.25) is 10.0 Å². The minimum absolute atomic E-state index is 0.351. The molecule has 6 nitrogen and oxygen atoms in total. The molecule has 8 heteroatoms. The Labute approximate surface area is 128 Å². The smallest absolute Gasteiger partial charge is 0.241 e. The molecule has 0 aliphatic heterocycles. The SMILES string of the molecule is O=S(=O)(NCCn1ccnc1)c1csc(CNC2CC2)c1. The Balaban J connectivity index is 1.53. The third kappa shape index (κ3) is 4.13. The zero-order valence-electron chi connectivity index (χ0n) is 11.5. The summed E-state index contributed by atoms with van der Waals surface area (Å²) in [6.45, 7) is 1.67. The summed E-state index contributed by atoms with van der Waals surface area (Å²) in [5.74, 6) is 0. The second kappa shape index (κ2) is 6.27. The van der Waals surface area contributed by atoms with Gasteiger partial charge in [-0.3, -0.25) is 0 Å². The van der Waals surface area contributed by atoms with Crippen LogP contribution in [-0.2, 0) is 23.1 Å². The highest BCUT2D eigenvalue weighted by Crippen LogP contribution is 2.22. The zero-order valence-corrected chi connectivity index (χ0v) is 13.2. The van der Waals surface area contributed by atoms with E-state index >= 15 is 0 Å². The van der Waals surface area contributed by atoms with Gasteiger partial charge < -0.3 is 9.88 Å². The molecule has 114 valence electrons. The predicted octanol–water partition coefficient (Wildman–Crippen LogP) is 1.18. The molecule has 0 saturated heterocycles. The molecule has 1 saturated carbocycles. The van der Waals surface area contributed by atoms with E-state index in [4.69, 9.17) is 0 Å². The number of imidazole rings is 1. The summed E-state index contributed by atoms with van der Waals surface area (Å²) < 4.78 is 28.8. The number of thiophene rings is 1. The van der Waals surface area contributed by atoms with Gasteiger partial charge in [0.15, 0.2) is 0 Å². The molecular formula is C13H18N4O2S2. The lowest BCUT2D eigenvalue weighted by Crippen LogP contribution is -2.26. The van der Waals surface area contributed by atoms with Crippen LogP contribution < -0.4 is 10.0 Å². The normalized spacial score (nSPS) is 15.4. The average Bonchev–Trinajstić information content (AvgIpc) is 2.93. The van der Waals surface area contributed by atoms with Crippen molar-refractivity contribution in [2.75, 3.05) is 6.54 Å². The van der Waals surface area contributed by atoms with Gasteiger partial charge in [0, 0.05) is 48.3 Å². The molecule has 2 aromatic heterocycles. The fraction of sp³-hybridized carbons (Fsp3) is 0.462. The zero-order chi connectivity index (χ0) is 14.7. The predicted molar refractivity (Wildman–Crippen MR) is 81.6 cm³/mol. The molecule has 0 radical (unpaired) electrons. The highest BCUT2D eigenvalue weighted by atomic mass is 32.2. The van der Waals surface area contributed by atoms with Gasteiger partial charge in [-0.15, -0.1) is 11.3 Å². The van der Waals surface area contributed by atoms with Gasteiger partial charge in [-0.25, -0.2) is 18.1 Å². The van der Waals surface area contributed by atoms with E-state index in [2.05, 4.69) is 15.0 Å². The maximum absolute atomic E-state index is 12.2. The number of hydrogen-bond acceptors (Lipinski definition) is 5. The highest BCUT2D eigenvalue weighted by Gasteiger charge is 2.21. The van der Waals surface area contributed by atoms with Crippen LogP contribution in [0.2, 0.25) is 0 Å². The molecule has 0 bridgehead atoms. The molecule has 0 amide bonds. The first-order valence-electron chi connectivity index (χ1n) is 6.90. The lowest BCUT2D eigenvalue weighted by Gasteiger charge is -2.05. The fourth-order valence-corrected chi connectivity index (χ4v) is 4.18. The van der Waals surface area contributed by atoms with E-state index in [-0.39, 0.29) is 0 Å². The van der Waals surface area contributed by atoms with E-state index in [9.17, 15) is 8.42 Å². The Bertz CT molecular complexity index is 675. The molecule has 2 heterocycles. The van der Waals surface area contributed by atoms with Crippen LogP contribution in [0.25, 0.3) is 0 Å². The van der Waals surface area contributed by atoms with Crippen LogP contribution in [-0.4, -0.2) is 30.6 Å². The summed E-state index contributed by atoms with van der Waals surface area (Å²) in [6, 6.07) is 2.38. The van der Waals surface area contributed by atoms with Crippen molar-refractivity contribution in [3.05, 3.63) is 35.0 Å². The van der Waals surface area contributed by atoms with Gasteiger partial charge >= 0.3 is 0 Å². The summed E-state index contributed by atoms with van der Waals surface area (Å²) in [6.07, 6.45) is 7.60. The number of hydrogen-bond donors (Lipinski definition) is 2. The van der Waals surface area contributed by atoms with E-state index in [0.29, 0.717) is 24.0 Å². The van der Waals surface area contributed by atoms with Gasteiger partial charge in [0.25, 0.3) is 0 Å². The molecule has 2 aromatic rings. The summed E-state index contributed by atoms with van der Waals surface area (Å²) in [5.41, 5.74) is 0. The molecule has 0 aromatic carbocycles. The van der Waals surface area contributed by atoms with Crippen LogP contribution in [0.1, 0.15) is 17.7 Å². The van der Waals surface area contributed by atoms with Gasteiger partial charge in [-0.1, -0.05) is 0 Å². The minimum Gasteiger partial charge on any atom is -0.336 e. The standard InChI is InChI=1S/C13H18N4O2S2/c18-21(19,16-4-6-17-5-3-14-10-17)13-7-12(20-9-13)8-15-11-1-2-11/h3,5,7,9-11,15-16H,1-2,4,6,8H2. The molecule has 1 aliphatic carbocycles. The Morgan fingerprint density at radius 2 is 2.29 bits per heavy atom. The number of sulfonamides is 1. The molecule has 21 heavy (non-hydrogen) atoms. The molecule has 1 fully saturated rings. The lowest BCUT2D eigenvalue weighted by molar-refractivity contribution is 0.573. The van der Waals surface area contributed by atoms with Gasteiger partial charge in [-0.05, 0) is 18.9 Å². The van der Waals surface area contributed by atoms with Crippen LogP contribution in [0, 0.1) is 0 Å². The summed E-state index contributed by atoms with van der Waals surface area (Å²) in [4.78, 5) is 5.32. The maximum Gasteiger partial charge on any atom is 0.241 e. The fourth-order valence-electron chi connectivity index (χ4n) is 1.94. The van der Waals surface area contributed by atoms with Crippen LogP contribution in [0.15, 0.2) is 35.1 Å². The summed E-state index contributed by atoms with van der Waals surface area (Å²) in [7, 11) is -3.42. The topological polar surface area (TPSA) is 76.0 Å². The van der Waals surface area contributed by atoms with Crippen molar-refractivity contribution in [3.63, 3.8) is 0 Å². The van der Waals surface area contributed by atoms with E-state index in [1.165, 1.54) is 24.2 Å². The van der Waals surface area contributed by atoms with Crippen molar-refractivity contribution in [1.29, 1.82) is 0 Å². The maximum atomic E-state index is 12.2. The third-order valence-electron chi connectivity index (χ3n) is 3.30. The first kappa shape index (κ1) is 14.7. The molecule has 0 atom stereocenters. The monoisotopic (exact) mass is 326 g/mol. The summed E-state index contributed by atoms with van der Waals surface area (Å²) >= 11 is 1.48. The van der Waals surface area contributed by atoms with Crippen molar-refractivity contribution in [3.8, 4) is 0 Å². The van der Waals surface area contributed by atoms with Crippen LogP contribution in [0.3, 0.4) is 0 Å². The Morgan fingerprint density at radius 3 is 3.00 bits per heavy atom. The molecule has 1 aliphatic rings. The van der Waals surface area contributed by atoms with E-state index in [1.807, 2.05) is 4.57 Å². The molecule has 0 unspecified atom stereocenters. The van der Waals surface area contributed by atoms with Crippen LogP contribution in [0.5, 0.6) is 0 Å². The van der Waals surface area contributed by atoms with Gasteiger partial charge in [0.1, 0.15) is 0 Å². The average molecular weight is 326 g/mol. The highest BCUT2D eigenvalue weighted by molar-refractivity contribution is 7.89. The Kier molecular flexibility index (Phi) is 4.39. The first-order valence-corrected chi connectivity index (χ1v) is 9.26. The van der Waals surface area contributed by atoms with Crippen molar-refractivity contribution in [1.82, 2.24) is 19.6 Å². The largest absolute Gasteiger partial charge is 0.336 e. The molecule has 0 spiro atoms. The third-order valence-corrected chi connectivity index (χ3v) is 5.83. The van der Waals surface area contributed by atoms with Crippen molar-refractivity contribution < 1.29 is 8.42 Å². The van der Waals surface area contributed by atoms with E-state index < -0.39 is 10.0 Å². The van der Waals surface area contributed by atoms with Gasteiger partial charge in [-0.2, -0.15) is 0 Å². The molecule has 2 N–H and O–H groups in total. The molecular weight excluding hydrogens is 308 g/mol. The second-order valence-corrected chi connectivity index (χ2v) is 7.86. The number of nitrogens with zero attached hydrogens (tertiary/aromatic N) is 2. The molecule has 3 rings (SSSR count). The van der Waals surface area contributed by atoms with Gasteiger partial charge in [0.05, 0.1) is 11.2 Å². The summed E-state index contributed by atoms with van der Waals surface area (Å²) in [5, 5.41) is 5.08. The Hall–Kier alpha value is -1.22. The second-order valence-electron chi connectivity index (χ2n) is 5.10. The van der Waals surface area contributed by atoms with E-state index in [0.717, 1.165) is 11.4 Å². The minimum atomic E-state index is -3.42. The van der Waals surface area contributed by atoms with Crippen molar-refractivity contribution in [2.45, 2.75) is 36.9 Å². The quantitative estimate of drug-likeness (QED) is 0.764. The first-order chi connectivity index (χ1) is 10.1. The Morgan fingerprint density at radius 1 is 1.43 bits per heavy atom. The number of rotatable bonds is 8. The lowest BCUT2D eigenvalue weighted by atomic mass is 10.4.